The zero-order valence-corrected chi connectivity index (χ0v) is 17.7. The number of hydrogen-bond acceptors (Lipinski definition) is 5. The average molecular weight is 434 g/mol. The largest absolute Gasteiger partial charge is 0.341 e. The van der Waals surface area contributed by atoms with Gasteiger partial charge in [-0.2, -0.15) is 0 Å². The minimum absolute atomic E-state index is 0.0206. The fourth-order valence-electron chi connectivity index (χ4n) is 3.05. The van der Waals surface area contributed by atoms with E-state index in [0.29, 0.717) is 17.5 Å². The van der Waals surface area contributed by atoms with Gasteiger partial charge in [-0.15, -0.1) is 10.2 Å². The highest BCUT2D eigenvalue weighted by Crippen LogP contribution is 2.28. The Morgan fingerprint density at radius 2 is 1.71 bits per heavy atom. The van der Waals surface area contributed by atoms with E-state index in [2.05, 4.69) is 15.2 Å². The van der Waals surface area contributed by atoms with Crippen LogP contribution < -0.4 is 0 Å². The lowest BCUT2D eigenvalue weighted by atomic mass is 10.2. The highest BCUT2D eigenvalue weighted by molar-refractivity contribution is 7.99. The Morgan fingerprint density at radius 3 is 2.42 bits per heavy atom. The second-order valence-corrected chi connectivity index (χ2v) is 7.82. The molecule has 0 spiro atoms. The van der Waals surface area contributed by atoms with Crippen molar-refractivity contribution in [3.63, 3.8) is 0 Å². The van der Waals surface area contributed by atoms with E-state index in [1.807, 2.05) is 47.0 Å². The number of carbonyl (C=O) groups is 1. The van der Waals surface area contributed by atoms with E-state index in [-0.39, 0.29) is 17.5 Å². The Bertz CT molecular complexity index is 1150. The van der Waals surface area contributed by atoms with Gasteiger partial charge in [-0.25, -0.2) is 4.39 Å². The number of amides is 1. The number of pyridine rings is 1. The molecule has 0 saturated carbocycles. The molecule has 6 nitrogen and oxygen atoms in total. The van der Waals surface area contributed by atoms with Gasteiger partial charge in [0, 0.05) is 37.2 Å². The van der Waals surface area contributed by atoms with Gasteiger partial charge in [-0.3, -0.25) is 14.3 Å². The maximum absolute atomic E-state index is 13.4. The minimum atomic E-state index is -0.313. The number of aromatic nitrogens is 4. The predicted molar refractivity (Wildman–Crippen MR) is 118 cm³/mol. The molecule has 156 valence electrons. The van der Waals surface area contributed by atoms with Crippen LogP contribution in [0, 0.1) is 5.82 Å². The van der Waals surface area contributed by atoms with Crippen molar-refractivity contribution in [2.45, 2.75) is 11.7 Å². The van der Waals surface area contributed by atoms with E-state index in [9.17, 15) is 9.18 Å². The van der Waals surface area contributed by atoms with Gasteiger partial charge >= 0.3 is 0 Å². The van der Waals surface area contributed by atoms with Crippen LogP contribution in [0.1, 0.15) is 5.56 Å². The third-order valence-electron chi connectivity index (χ3n) is 4.67. The maximum Gasteiger partial charge on any atom is 0.233 e. The third kappa shape index (κ3) is 4.97. The van der Waals surface area contributed by atoms with Crippen molar-refractivity contribution in [2.75, 3.05) is 12.8 Å². The molecule has 0 aliphatic heterocycles. The first-order valence-electron chi connectivity index (χ1n) is 9.64. The molecule has 0 radical (unpaired) electrons. The summed E-state index contributed by atoms with van der Waals surface area (Å²) < 4.78 is 15.3. The second-order valence-electron chi connectivity index (χ2n) is 6.88. The first-order valence-corrected chi connectivity index (χ1v) is 10.6. The number of para-hydroxylation sites is 1. The minimum Gasteiger partial charge on any atom is -0.341 e. The van der Waals surface area contributed by atoms with Crippen LogP contribution in [0.3, 0.4) is 0 Å². The first kappa shape index (κ1) is 20.7. The van der Waals surface area contributed by atoms with Crippen LogP contribution in [0.4, 0.5) is 4.39 Å². The topological polar surface area (TPSA) is 63.9 Å². The molecule has 0 bridgehead atoms. The molecule has 2 aromatic heterocycles. The molecule has 0 aliphatic rings. The summed E-state index contributed by atoms with van der Waals surface area (Å²) in [6.45, 7) is 0.508. The number of thioether (sulfide) groups is 1. The molecule has 4 aromatic rings. The van der Waals surface area contributed by atoms with Gasteiger partial charge in [0.25, 0.3) is 0 Å². The molecule has 0 fully saturated rings. The maximum atomic E-state index is 13.4. The van der Waals surface area contributed by atoms with Crippen molar-refractivity contribution < 1.29 is 9.18 Å². The summed E-state index contributed by atoms with van der Waals surface area (Å²) in [5.41, 5.74) is 2.62. The molecule has 31 heavy (non-hydrogen) atoms. The molecular weight excluding hydrogens is 413 g/mol. The fraction of sp³-hybridized carbons (Fsp3) is 0.130. The van der Waals surface area contributed by atoms with E-state index < -0.39 is 0 Å². The summed E-state index contributed by atoms with van der Waals surface area (Å²) in [6, 6.07) is 19.5. The monoisotopic (exact) mass is 433 g/mol. The van der Waals surface area contributed by atoms with Crippen molar-refractivity contribution in [1.29, 1.82) is 0 Å². The number of nitrogens with zero attached hydrogens (tertiary/aromatic N) is 5. The zero-order valence-electron chi connectivity index (χ0n) is 16.9. The van der Waals surface area contributed by atoms with E-state index in [1.54, 1.807) is 36.5 Å². The third-order valence-corrected chi connectivity index (χ3v) is 5.58. The van der Waals surface area contributed by atoms with Crippen LogP contribution in [0.2, 0.25) is 0 Å². The lowest BCUT2D eigenvalue weighted by Gasteiger charge is -2.17. The lowest BCUT2D eigenvalue weighted by Crippen LogP contribution is -2.27. The van der Waals surface area contributed by atoms with Crippen LogP contribution in [-0.2, 0) is 11.3 Å². The molecule has 2 aromatic carbocycles. The van der Waals surface area contributed by atoms with Gasteiger partial charge in [-0.05, 0) is 54.1 Å². The smallest absolute Gasteiger partial charge is 0.233 e. The highest BCUT2D eigenvalue weighted by Gasteiger charge is 2.18. The number of benzene rings is 2. The standard InChI is InChI=1S/C23H20FN5OS/c1-28(15-17-11-13-25-14-12-17)21(30)16-31-23-27-26-22(18-7-9-19(24)10-8-18)29(23)20-5-3-2-4-6-20/h2-14H,15-16H2,1H3. The van der Waals surface area contributed by atoms with Gasteiger partial charge in [0.15, 0.2) is 11.0 Å². The van der Waals surface area contributed by atoms with Gasteiger partial charge in [0.1, 0.15) is 5.82 Å². The fourth-order valence-corrected chi connectivity index (χ4v) is 3.94. The summed E-state index contributed by atoms with van der Waals surface area (Å²) >= 11 is 1.32. The van der Waals surface area contributed by atoms with E-state index in [0.717, 1.165) is 16.8 Å². The summed E-state index contributed by atoms with van der Waals surface area (Å²) in [6.07, 6.45) is 3.42. The molecule has 2 heterocycles. The van der Waals surface area contributed by atoms with Crippen LogP contribution in [-0.4, -0.2) is 43.4 Å². The molecule has 1 amide bonds. The van der Waals surface area contributed by atoms with Crippen LogP contribution in [0.5, 0.6) is 0 Å². The molecule has 0 N–H and O–H groups in total. The Hall–Kier alpha value is -3.52. The summed E-state index contributed by atoms with van der Waals surface area (Å²) in [7, 11) is 1.77. The van der Waals surface area contributed by atoms with Crippen molar-refractivity contribution in [3.8, 4) is 17.1 Å². The molecule has 0 atom stereocenters. The van der Waals surface area contributed by atoms with Crippen molar-refractivity contribution in [2.24, 2.45) is 0 Å². The number of halogens is 1. The number of rotatable bonds is 7. The van der Waals surface area contributed by atoms with Gasteiger partial charge in [-0.1, -0.05) is 30.0 Å². The normalized spacial score (nSPS) is 10.8. The Labute approximate surface area is 183 Å². The van der Waals surface area contributed by atoms with Gasteiger partial charge in [0.05, 0.1) is 5.75 Å². The molecule has 8 heteroatoms. The molecule has 0 aliphatic carbocycles. The van der Waals surface area contributed by atoms with Crippen LogP contribution in [0.15, 0.2) is 84.3 Å². The Morgan fingerprint density at radius 1 is 1.00 bits per heavy atom. The Kier molecular flexibility index (Phi) is 6.37. The highest BCUT2D eigenvalue weighted by atomic mass is 32.2. The number of hydrogen-bond donors (Lipinski definition) is 0. The molecule has 0 unspecified atom stereocenters. The van der Waals surface area contributed by atoms with Crippen molar-refractivity contribution in [1.82, 2.24) is 24.6 Å². The predicted octanol–water partition coefficient (Wildman–Crippen LogP) is 4.22. The van der Waals surface area contributed by atoms with E-state index in [1.165, 1.54) is 23.9 Å². The summed E-state index contributed by atoms with van der Waals surface area (Å²) in [4.78, 5) is 18.3. The zero-order chi connectivity index (χ0) is 21.6. The molecule has 4 rings (SSSR count). The van der Waals surface area contributed by atoms with Crippen molar-refractivity contribution >= 4 is 17.7 Å². The van der Waals surface area contributed by atoms with Gasteiger partial charge in [0.2, 0.25) is 5.91 Å². The second kappa shape index (κ2) is 9.53. The molecule has 0 saturated heterocycles. The van der Waals surface area contributed by atoms with E-state index in [4.69, 9.17) is 0 Å². The summed E-state index contributed by atoms with van der Waals surface area (Å²) in [5, 5.41) is 9.22. The van der Waals surface area contributed by atoms with Crippen molar-refractivity contribution in [3.05, 3.63) is 90.5 Å². The molecular formula is C23H20FN5OS. The van der Waals surface area contributed by atoms with Gasteiger partial charge < -0.3 is 4.90 Å². The average Bonchev–Trinajstić information content (AvgIpc) is 3.23. The van der Waals surface area contributed by atoms with Crippen LogP contribution in [0.25, 0.3) is 17.1 Å². The van der Waals surface area contributed by atoms with Crippen LogP contribution >= 0.6 is 11.8 Å². The summed E-state index contributed by atoms with van der Waals surface area (Å²) in [5.74, 6) is 0.474. The quantitative estimate of drug-likeness (QED) is 0.409. The van der Waals surface area contributed by atoms with E-state index >= 15 is 0 Å². The lowest BCUT2D eigenvalue weighted by molar-refractivity contribution is -0.127. The Balaban J connectivity index is 1.55. The first-order chi connectivity index (χ1) is 15.1. The SMILES string of the molecule is CN(Cc1ccncc1)C(=O)CSc1nnc(-c2ccc(F)cc2)n1-c1ccccc1. The number of carbonyl (C=O) groups excluding carboxylic acids is 1.